The minimum absolute atomic E-state index is 0. The molecule has 1 aliphatic heterocycles. The SMILES string of the molecule is CN(CCN1CCNCC1)CCn1cccn1.Cl.Cl.Cl. The normalized spacial score (nSPS) is 15.1. The largest absolute Gasteiger partial charge is 0.314 e. The van der Waals surface area contributed by atoms with Gasteiger partial charge in [-0.1, -0.05) is 0 Å². The number of halogens is 3. The smallest absolute Gasteiger partial charge is 0.0536 e. The molecule has 0 unspecified atom stereocenters. The predicted molar refractivity (Wildman–Crippen MR) is 90.8 cm³/mol. The molecule has 20 heavy (non-hydrogen) atoms. The van der Waals surface area contributed by atoms with Crippen LogP contribution in [-0.2, 0) is 6.54 Å². The average Bonchev–Trinajstić information content (AvgIpc) is 2.88. The molecule has 0 atom stereocenters. The van der Waals surface area contributed by atoms with Gasteiger partial charge in [-0.3, -0.25) is 9.58 Å². The van der Waals surface area contributed by atoms with Gasteiger partial charge < -0.3 is 10.2 Å². The van der Waals surface area contributed by atoms with Crippen molar-refractivity contribution in [3.05, 3.63) is 18.5 Å². The lowest BCUT2D eigenvalue weighted by atomic mass is 10.3. The Morgan fingerprint density at radius 3 is 2.35 bits per heavy atom. The first-order chi connectivity index (χ1) is 8.34. The number of nitrogens with zero attached hydrogens (tertiary/aromatic N) is 4. The van der Waals surface area contributed by atoms with Crippen molar-refractivity contribution in [3.8, 4) is 0 Å². The fourth-order valence-corrected chi connectivity index (χ4v) is 2.06. The molecule has 0 spiro atoms. The van der Waals surface area contributed by atoms with Crippen LogP contribution in [0.25, 0.3) is 0 Å². The second-order valence-electron chi connectivity index (χ2n) is 4.66. The van der Waals surface area contributed by atoms with Gasteiger partial charge in [0.05, 0.1) is 6.54 Å². The van der Waals surface area contributed by atoms with Gasteiger partial charge in [-0.05, 0) is 13.1 Å². The number of aromatic nitrogens is 2. The Kier molecular flexibility index (Phi) is 14.1. The van der Waals surface area contributed by atoms with Crippen molar-refractivity contribution in [2.45, 2.75) is 6.54 Å². The van der Waals surface area contributed by atoms with Gasteiger partial charge in [0, 0.05) is 58.2 Å². The van der Waals surface area contributed by atoms with E-state index in [1.54, 1.807) is 0 Å². The van der Waals surface area contributed by atoms with Gasteiger partial charge in [0.2, 0.25) is 0 Å². The maximum absolute atomic E-state index is 4.21. The number of hydrogen-bond donors (Lipinski definition) is 1. The van der Waals surface area contributed by atoms with E-state index in [4.69, 9.17) is 0 Å². The van der Waals surface area contributed by atoms with Gasteiger partial charge in [-0.2, -0.15) is 5.10 Å². The topological polar surface area (TPSA) is 36.3 Å². The van der Waals surface area contributed by atoms with Crippen molar-refractivity contribution < 1.29 is 0 Å². The second kappa shape index (κ2) is 12.7. The fraction of sp³-hybridized carbons (Fsp3) is 0.750. The van der Waals surface area contributed by atoms with Gasteiger partial charge >= 0.3 is 0 Å². The van der Waals surface area contributed by atoms with E-state index in [1.165, 1.54) is 19.6 Å². The van der Waals surface area contributed by atoms with E-state index >= 15 is 0 Å². The zero-order valence-corrected chi connectivity index (χ0v) is 14.4. The summed E-state index contributed by atoms with van der Waals surface area (Å²) in [4.78, 5) is 4.91. The highest BCUT2D eigenvalue weighted by atomic mass is 35.5. The zero-order chi connectivity index (χ0) is 11.9. The number of rotatable bonds is 6. The van der Waals surface area contributed by atoms with Crippen molar-refractivity contribution in [2.75, 3.05) is 52.9 Å². The van der Waals surface area contributed by atoms with Crippen molar-refractivity contribution in [3.63, 3.8) is 0 Å². The predicted octanol–water partition coefficient (Wildman–Crippen LogP) is 0.985. The molecule has 1 saturated heterocycles. The summed E-state index contributed by atoms with van der Waals surface area (Å²) in [5, 5.41) is 7.59. The summed E-state index contributed by atoms with van der Waals surface area (Å²) in [6.07, 6.45) is 3.85. The third-order valence-corrected chi connectivity index (χ3v) is 3.28. The van der Waals surface area contributed by atoms with E-state index in [-0.39, 0.29) is 37.2 Å². The molecule has 8 heteroatoms. The van der Waals surface area contributed by atoms with Crippen LogP contribution in [0.15, 0.2) is 18.5 Å². The Morgan fingerprint density at radius 1 is 1.10 bits per heavy atom. The van der Waals surface area contributed by atoms with Crippen LogP contribution in [0.2, 0.25) is 0 Å². The van der Waals surface area contributed by atoms with Crippen LogP contribution in [-0.4, -0.2) is 72.4 Å². The molecule has 0 amide bonds. The number of piperazine rings is 1. The van der Waals surface area contributed by atoms with Gasteiger partial charge in [0.15, 0.2) is 0 Å². The molecule has 1 aromatic rings. The maximum Gasteiger partial charge on any atom is 0.0536 e. The first-order valence-corrected chi connectivity index (χ1v) is 6.43. The quantitative estimate of drug-likeness (QED) is 0.833. The van der Waals surface area contributed by atoms with Gasteiger partial charge in [0.1, 0.15) is 0 Å². The van der Waals surface area contributed by atoms with E-state index in [0.717, 1.165) is 32.7 Å². The summed E-state index contributed by atoms with van der Waals surface area (Å²) in [7, 11) is 2.19. The lowest BCUT2D eigenvalue weighted by Crippen LogP contribution is -2.46. The summed E-state index contributed by atoms with van der Waals surface area (Å²) in [5.41, 5.74) is 0. The van der Waals surface area contributed by atoms with E-state index in [2.05, 4.69) is 27.3 Å². The summed E-state index contributed by atoms with van der Waals surface area (Å²) in [5.74, 6) is 0. The van der Waals surface area contributed by atoms with Crippen LogP contribution >= 0.6 is 37.2 Å². The minimum atomic E-state index is 0. The first-order valence-electron chi connectivity index (χ1n) is 6.43. The number of nitrogens with one attached hydrogen (secondary N) is 1. The fourth-order valence-electron chi connectivity index (χ4n) is 2.06. The summed E-state index contributed by atoms with van der Waals surface area (Å²) in [6.45, 7) is 9.01. The molecule has 0 radical (unpaired) electrons. The summed E-state index contributed by atoms with van der Waals surface area (Å²) < 4.78 is 1.99. The van der Waals surface area contributed by atoms with Crippen molar-refractivity contribution >= 4 is 37.2 Å². The average molecular weight is 347 g/mol. The van der Waals surface area contributed by atoms with Gasteiger partial charge in [0.25, 0.3) is 0 Å². The van der Waals surface area contributed by atoms with Gasteiger partial charge in [-0.15, -0.1) is 37.2 Å². The monoisotopic (exact) mass is 345 g/mol. The molecule has 1 aromatic heterocycles. The van der Waals surface area contributed by atoms with Crippen LogP contribution in [0, 0.1) is 0 Å². The number of hydrogen-bond acceptors (Lipinski definition) is 4. The minimum Gasteiger partial charge on any atom is -0.314 e. The molecule has 2 rings (SSSR count). The van der Waals surface area contributed by atoms with E-state index < -0.39 is 0 Å². The Hall–Kier alpha value is -0.0400. The van der Waals surface area contributed by atoms with Crippen molar-refractivity contribution in [1.29, 1.82) is 0 Å². The highest BCUT2D eigenvalue weighted by Gasteiger charge is 2.09. The molecule has 1 fully saturated rings. The Morgan fingerprint density at radius 2 is 1.75 bits per heavy atom. The van der Waals surface area contributed by atoms with Crippen LogP contribution < -0.4 is 5.32 Å². The molecule has 1 N–H and O–H groups in total. The Labute approximate surface area is 140 Å². The Balaban J connectivity index is 0. The number of likely N-dealkylation sites (N-methyl/N-ethyl adjacent to an activating group) is 1. The third-order valence-electron chi connectivity index (χ3n) is 3.28. The molecule has 120 valence electrons. The van der Waals surface area contributed by atoms with Gasteiger partial charge in [-0.25, -0.2) is 0 Å². The van der Waals surface area contributed by atoms with Crippen LogP contribution in [0.4, 0.5) is 0 Å². The molecule has 0 aromatic carbocycles. The lowest BCUT2D eigenvalue weighted by Gasteiger charge is -2.29. The molecule has 0 aliphatic carbocycles. The molecule has 0 saturated carbocycles. The van der Waals surface area contributed by atoms with E-state index in [0.29, 0.717) is 0 Å². The second-order valence-corrected chi connectivity index (χ2v) is 4.66. The summed E-state index contributed by atoms with van der Waals surface area (Å²) >= 11 is 0. The standard InChI is InChI=1S/C12H23N5.3ClH/c1-15(10-12-17-6-2-3-14-17)9-11-16-7-4-13-5-8-16;;;/h2-3,6,13H,4-5,7-12H2,1H3;3*1H. The Bertz CT molecular complexity index is 304. The van der Waals surface area contributed by atoms with E-state index in [1.807, 2.05) is 23.1 Å². The van der Waals surface area contributed by atoms with E-state index in [9.17, 15) is 0 Å². The van der Waals surface area contributed by atoms with Crippen LogP contribution in [0.3, 0.4) is 0 Å². The maximum atomic E-state index is 4.21. The van der Waals surface area contributed by atoms with Crippen LogP contribution in [0.5, 0.6) is 0 Å². The molecular weight excluding hydrogens is 321 g/mol. The molecule has 5 nitrogen and oxygen atoms in total. The zero-order valence-electron chi connectivity index (χ0n) is 11.9. The lowest BCUT2D eigenvalue weighted by molar-refractivity contribution is 0.201. The van der Waals surface area contributed by atoms with Crippen LogP contribution in [0.1, 0.15) is 0 Å². The molecular formula is C12H26Cl3N5. The third kappa shape index (κ3) is 8.29. The molecule has 1 aliphatic rings. The summed E-state index contributed by atoms with van der Waals surface area (Å²) in [6, 6.07) is 1.97. The molecule has 2 heterocycles. The molecule has 0 bridgehead atoms. The highest BCUT2D eigenvalue weighted by molar-refractivity contribution is 5.86. The first kappa shape index (κ1) is 22.2. The van der Waals surface area contributed by atoms with Crippen molar-refractivity contribution in [2.24, 2.45) is 0 Å². The van der Waals surface area contributed by atoms with Crippen molar-refractivity contribution in [1.82, 2.24) is 24.9 Å². The highest BCUT2D eigenvalue weighted by Crippen LogP contribution is 1.94.